The van der Waals surface area contributed by atoms with Crippen molar-refractivity contribution < 1.29 is 41.8 Å². The number of Topliss-reactive ketones (excluding diaryl/α,β-unsaturated/α-hetero) is 1. The number of carbonyl (C=O) groups excluding carboxylic acids is 3. The number of hydrogen-bond donors (Lipinski definition) is 3. The summed E-state index contributed by atoms with van der Waals surface area (Å²) in [5.41, 5.74) is 2.35. The number of ketones is 1. The first-order valence-corrected chi connectivity index (χ1v) is 18.3. The number of nitrogens with one attached hydrogen (secondary N) is 2. The van der Waals surface area contributed by atoms with Gasteiger partial charge in [0.15, 0.2) is 12.0 Å². The lowest BCUT2D eigenvalue weighted by Crippen LogP contribution is -2.50. The molecule has 7 rings (SSSR count). The molecule has 0 unspecified atom stereocenters. The maximum absolute atomic E-state index is 14.5. The SMILES string of the molecule is O=C(O)N[C@H]1CCCCC2=C(C2)/N=C\[C@@H]2[C@H](C(=O)NS(=O)(=O)C3CC3)CC(=O)N2[C@H](Oc2nc3ccccc3c3cc(F)ccc23)CCC1=O. The van der Waals surface area contributed by atoms with E-state index in [4.69, 9.17) is 9.72 Å². The van der Waals surface area contributed by atoms with Crippen LogP contribution in [0.25, 0.3) is 21.7 Å². The Morgan fingerprint density at radius 2 is 1.78 bits per heavy atom. The maximum atomic E-state index is 14.5. The highest BCUT2D eigenvalue weighted by Gasteiger charge is 2.49. The van der Waals surface area contributed by atoms with Crippen molar-refractivity contribution in [2.24, 2.45) is 10.9 Å². The Labute approximate surface area is 287 Å². The summed E-state index contributed by atoms with van der Waals surface area (Å²) < 4.78 is 48.7. The number of pyridine rings is 1. The molecule has 13 nitrogen and oxygen atoms in total. The molecular formula is C35H36FN5O8S. The number of rotatable bonds is 6. The molecule has 0 radical (unpaired) electrons. The first-order valence-electron chi connectivity index (χ1n) is 16.8. The van der Waals surface area contributed by atoms with Crippen LogP contribution < -0.4 is 14.8 Å². The van der Waals surface area contributed by atoms with Crippen molar-refractivity contribution in [1.82, 2.24) is 19.9 Å². The van der Waals surface area contributed by atoms with E-state index in [9.17, 15) is 37.1 Å². The number of para-hydroxylation sites is 1. The van der Waals surface area contributed by atoms with E-state index in [0.29, 0.717) is 60.2 Å². The van der Waals surface area contributed by atoms with Gasteiger partial charge in [-0.2, -0.15) is 0 Å². The Morgan fingerprint density at radius 3 is 2.56 bits per heavy atom. The second-order valence-electron chi connectivity index (χ2n) is 13.3. The lowest BCUT2D eigenvalue weighted by atomic mass is 9.99. The Balaban J connectivity index is 1.30. The molecule has 2 aromatic carbocycles. The maximum Gasteiger partial charge on any atom is 0.405 e. The molecule has 4 atom stereocenters. The summed E-state index contributed by atoms with van der Waals surface area (Å²) in [6.07, 6.45) is 2.05. The average Bonchev–Trinajstić information content (AvgIpc) is 4.01. The molecule has 3 heterocycles. The van der Waals surface area contributed by atoms with Crippen LogP contribution in [0.1, 0.15) is 64.2 Å². The Kier molecular flexibility index (Phi) is 9.01. The topological polar surface area (TPSA) is 184 Å². The number of allylic oxidation sites excluding steroid dienone is 2. The van der Waals surface area contributed by atoms with E-state index in [1.165, 1.54) is 29.3 Å². The second kappa shape index (κ2) is 13.4. The summed E-state index contributed by atoms with van der Waals surface area (Å²) in [6, 6.07) is 9.17. The summed E-state index contributed by atoms with van der Waals surface area (Å²) in [5, 5.41) is 12.7. The fourth-order valence-corrected chi connectivity index (χ4v) is 8.23. The summed E-state index contributed by atoms with van der Waals surface area (Å²) in [6.45, 7) is 0. The number of amides is 3. The molecule has 1 aromatic heterocycles. The van der Waals surface area contributed by atoms with Gasteiger partial charge in [-0.25, -0.2) is 22.6 Å². The van der Waals surface area contributed by atoms with Crippen LogP contribution in [0.5, 0.6) is 5.88 Å². The molecule has 0 bridgehead atoms. The molecule has 262 valence electrons. The first kappa shape index (κ1) is 33.6. The molecule has 3 aromatic rings. The highest BCUT2D eigenvalue weighted by Crippen LogP contribution is 2.39. The molecule has 2 aliphatic heterocycles. The number of carboxylic acid groups (broad SMARTS) is 1. The monoisotopic (exact) mass is 705 g/mol. The Bertz CT molecular complexity index is 2080. The molecule has 3 amide bonds. The van der Waals surface area contributed by atoms with Gasteiger partial charge < -0.3 is 15.2 Å². The predicted molar refractivity (Wildman–Crippen MR) is 180 cm³/mol. The van der Waals surface area contributed by atoms with Crippen molar-refractivity contribution in [3.05, 3.63) is 59.6 Å². The molecule has 50 heavy (non-hydrogen) atoms. The van der Waals surface area contributed by atoms with E-state index in [2.05, 4.69) is 15.0 Å². The molecular weight excluding hydrogens is 669 g/mol. The molecule has 1 saturated carbocycles. The van der Waals surface area contributed by atoms with Gasteiger partial charge in [0, 0.05) is 48.4 Å². The third-order valence-corrected chi connectivity index (χ3v) is 11.6. The number of sulfonamides is 1. The molecule has 0 spiro atoms. The molecule has 3 N–H and O–H groups in total. The summed E-state index contributed by atoms with van der Waals surface area (Å²) in [5.74, 6) is -3.34. The quantitative estimate of drug-likeness (QED) is 0.314. The zero-order valence-electron chi connectivity index (χ0n) is 27.0. The molecule has 15 heteroatoms. The van der Waals surface area contributed by atoms with Crippen LogP contribution in [-0.4, -0.2) is 76.9 Å². The van der Waals surface area contributed by atoms with Crippen molar-refractivity contribution in [1.29, 1.82) is 0 Å². The van der Waals surface area contributed by atoms with Crippen LogP contribution in [0.4, 0.5) is 9.18 Å². The number of nitrogens with zero attached hydrogens (tertiary/aromatic N) is 3. The van der Waals surface area contributed by atoms with Crippen molar-refractivity contribution >= 4 is 61.6 Å². The number of carbonyl (C=O) groups is 4. The van der Waals surface area contributed by atoms with E-state index in [-0.39, 0.29) is 31.6 Å². The molecule has 2 fully saturated rings. The van der Waals surface area contributed by atoms with Crippen molar-refractivity contribution in [2.75, 3.05) is 0 Å². The molecule has 4 aliphatic rings. The van der Waals surface area contributed by atoms with Gasteiger partial charge in [-0.3, -0.25) is 29.0 Å². The number of halogens is 1. The van der Waals surface area contributed by atoms with E-state index < -0.39 is 69.0 Å². The molecule has 1 saturated heterocycles. The predicted octanol–water partition coefficient (Wildman–Crippen LogP) is 4.35. The minimum Gasteiger partial charge on any atom is -0.465 e. The minimum absolute atomic E-state index is 0.0502. The second-order valence-corrected chi connectivity index (χ2v) is 15.2. The first-order chi connectivity index (χ1) is 24.0. The Hall–Kier alpha value is -4.92. The van der Waals surface area contributed by atoms with E-state index in [1.54, 1.807) is 24.3 Å². The number of ether oxygens (including phenoxy) is 1. The highest BCUT2D eigenvalue weighted by atomic mass is 32.2. The van der Waals surface area contributed by atoms with Crippen LogP contribution >= 0.6 is 0 Å². The van der Waals surface area contributed by atoms with E-state index >= 15 is 0 Å². The zero-order chi connectivity index (χ0) is 35.2. The number of benzene rings is 2. The minimum atomic E-state index is -3.92. The number of aliphatic imine (C=N–C) groups is 1. The van der Waals surface area contributed by atoms with Crippen LogP contribution in [0.2, 0.25) is 0 Å². The van der Waals surface area contributed by atoms with Gasteiger partial charge in [0.05, 0.1) is 28.8 Å². The van der Waals surface area contributed by atoms with Gasteiger partial charge in [0.1, 0.15) is 5.82 Å². The fraction of sp³-hybridized carbons (Fsp3) is 0.429. The van der Waals surface area contributed by atoms with Gasteiger partial charge in [-0.1, -0.05) is 24.6 Å². The number of fused-ring (bicyclic) bond motifs is 4. The lowest BCUT2D eigenvalue weighted by Gasteiger charge is -2.33. The van der Waals surface area contributed by atoms with Gasteiger partial charge in [0.25, 0.3) is 0 Å². The summed E-state index contributed by atoms with van der Waals surface area (Å²) in [7, 11) is -3.92. The standard InChI is InChI=1S/C35H36FN5O8S/c36-20-9-12-23-24(16-20)22-6-2-4-7-26(22)38-34(23)49-32-14-13-30(42)27(39-35(45)46)8-3-1-5-19-15-28(19)37-18-29-25(17-31(43)41(29)32)33(44)40-50(47,48)21-10-11-21/h2,4,6-7,9,12,16,18,21,25,27,29,32,39H,1,3,5,8,10-11,13-15,17H2,(H,40,44)(H,45,46)/b37-18-/t25-,27+,29-,32-/m1/s1. The lowest BCUT2D eigenvalue weighted by molar-refractivity contribution is -0.137. The van der Waals surface area contributed by atoms with Crippen LogP contribution in [0.15, 0.2) is 58.7 Å². The third kappa shape index (κ3) is 7.04. The van der Waals surface area contributed by atoms with Crippen LogP contribution in [0.3, 0.4) is 0 Å². The van der Waals surface area contributed by atoms with Gasteiger partial charge in [-0.15, -0.1) is 0 Å². The number of hydrogen-bond acceptors (Lipinski definition) is 9. The zero-order valence-corrected chi connectivity index (χ0v) is 27.8. The van der Waals surface area contributed by atoms with Crippen molar-refractivity contribution in [3.63, 3.8) is 0 Å². The highest BCUT2D eigenvalue weighted by molar-refractivity contribution is 7.90. The summed E-state index contributed by atoms with van der Waals surface area (Å²) >= 11 is 0. The van der Waals surface area contributed by atoms with Gasteiger partial charge >= 0.3 is 6.09 Å². The van der Waals surface area contributed by atoms with Gasteiger partial charge in [0.2, 0.25) is 27.7 Å². The van der Waals surface area contributed by atoms with Crippen molar-refractivity contribution in [2.45, 2.75) is 87.8 Å². The average molecular weight is 706 g/mol. The van der Waals surface area contributed by atoms with Crippen LogP contribution in [-0.2, 0) is 24.4 Å². The third-order valence-electron chi connectivity index (χ3n) is 9.74. The van der Waals surface area contributed by atoms with E-state index in [1.807, 2.05) is 0 Å². The van der Waals surface area contributed by atoms with Crippen molar-refractivity contribution in [3.8, 4) is 5.88 Å². The smallest absolute Gasteiger partial charge is 0.405 e. The normalized spacial score (nSPS) is 25.3. The summed E-state index contributed by atoms with van der Waals surface area (Å²) in [4.78, 5) is 63.3. The van der Waals surface area contributed by atoms with E-state index in [0.717, 1.165) is 11.3 Å². The van der Waals surface area contributed by atoms with Crippen LogP contribution in [0, 0.1) is 11.7 Å². The van der Waals surface area contributed by atoms with Gasteiger partial charge in [-0.05, 0) is 67.3 Å². The largest absolute Gasteiger partial charge is 0.465 e. The number of aromatic nitrogens is 1. The Morgan fingerprint density at radius 1 is 0.980 bits per heavy atom. The molecule has 2 aliphatic carbocycles. The fourth-order valence-electron chi connectivity index (χ4n) is 6.88.